The van der Waals surface area contributed by atoms with E-state index in [1.807, 2.05) is 0 Å². The van der Waals surface area contributed by atoms with Crippen molar-refractivity contribution in [2.45, 2.75) is 119 Å². The van der Waals surface area contributed by atoms with Crippen LogP contribution in [0.4, 0.5) is 0 Å². The quantitative estimate of drug-likeness (QED) is 0.162. The van der Waals surface area contributed by atoms with Gasteiger partial charge in [0.15, 0.2) is 0 Å². The highest BCUT2D eigenvalue weighted by atomic mass is 15.1. The van der Waals surface area contributed by atoms with Crippen molar-refractivity contribution in [1.82, 2.24) is 9.13 Å². The normalized spacial score (nSPS) is 12.7. The number of rotatable bonds is 8. The standard InChI is InChI=1S/C44H54N2/c1-25(2)31-21-35(27(5)6)41(36(22-31)28(7)8)45-39-19-15-13-17-33(39)44-43(45)34-18-14-16-20-40(34)46(44)42-37(29(9)10)23-32(26(3)4)24-38(42)30(11)12/h13-30H,1-12H3. The fraction of sp³-hybridized carbons (Fsp3) is 0.409. The number of benzene rings is 4. The number of aromatic nitrogens is 2. The summed E-state index contributed by atoms with van der Waals surface area (Å²) in [4.78, 5) is 0. The Balaban J connectivity index is 1.89. The number of para-hydroxylation sites is 2. The smallest absolute Gasteiger partial charge is 0.0804 e. The monoisotopic (exact) mass is 610 g/mol. The zero-order chi connectivity index (χ0) is 33.2. The van der Waals surface area contributed by atoms with Crippen LogP contribution in [0.25, 0.3) is 44.2 Å². The molecule has 46 heavy (non-hydrogen) atoms. The van der Waals surface area contributed by atoms with Crippen molar-refractivity contribution in [3.05, 3.63) is 106 Å². The zero-order valence-corrected chi connectivity index (χ0v) is 30.3. The Kier molecular flexibility index (Phi) is 8.47. The van der Waals surface area contributed by atoms with Gasteiger partial charge in [-0.3, -0.25) is 0 Å². The highest BCUT2D eigenvalue weighted by molar-refractivity contribution is 6.20. The summed E-state index contributed by atoms with van der Waals surface area (Å²) < 4.78 is 5.29. The molecule has 240 valence electrons. The Hall–Kier alpha value is -3.78. The first kappa shape index (κ1) is 32.2. The molecule has 0 fully saturated rings. The van der Waals surface area contributed by atoms with Crippen LogP contribution in [0.2, 0.25) is 0 Å². The van der Waals surface area contributed by atoms with Crippen molar-refractivity contribution in [2.24, 2.45) is 0 Å². The number of fused-ring (bicyclic) bond motifs is 5. The molecule has 0 atom stereocenters. The highest BCUT2D eigenvalue weighted by Gasteiger charge is 2.29. The molecule has 6 rings (SSSR count). The van der Waals surface area contributed by atoms with E-state index in [1.54, 1.807) is 0 Å². The van der Waals surface area contributed by atoms with E-state index in [9.17, 15) is 0 Å². The van der Waals surface area contributed by atoms with Gasteiger partial charge >= 0.3 is 0 Å². The van der Waals surface area contributed by atoms with Crippen molar-refractivity contribution in [3.8, 4) is 11.4 Å². The van der Waals surface area contributed by atoms with E-state index >= 15 is 0 Å². The molecule has 0 saturated carbocycles. The lowest BCUT2D eigenvalue weighted by Gasteiger charge is -2.24. The molecule has 0 unspecified atom stereocenters. The predicted molar refractivity (Wildman–Crippen MR) is 202 cm³/mol. The van der Waals surface area contributed by atoms with Gasteiger partial charge in [-0.15, -0.1) is 0 Å². The molecule has 2 heterocycles. The third kappa shape index (κ3) is 5.09. The van der Waals surface area contributed by atoms with Crippen molar-refractivity contribution < 1.29 is 0 Å². The molecule has 0 aliphatic carbocycles. The lowest BCUT2D eigenvalue weighted by Crippen LogP contribution is -2.09. The molecule has 2 aromatic heterocycles. The van der Waals surface area contributed by atoms with Gasteiger partial charge in [0.1, 0.15) is 0 Å². The molecular formula is C44H54N2. The molecule has 0 aliphatic heterocycles. The molecule has 0 radical (unpaired) electrons. The number of hydrogen-bond acceptors (Lipinski definition) is 0. The molecule has 0 aliphatic rings. The van der Waals surface area contributed by atoms with Gasteiger partial charge in [-0.25, -0.2) is 0 Å². The Morgan fingerprint density at radius 2 is 0.652 bits per heavy atom. The average Bonchev–Trinajstić information content (AvgIpc) is 3.52. The van der Waals surface area contributed by atoms with Crippen LogP contribution in [0.3, 0.4) is 0 Å². The molecule has 0 bridgehead atoms. The van der Waals surface area contributed by atoms with E-state index in [0.717, 1.165) is 0 Å². The summed E-state index contributed by atoms with van der Waals surface area (Å²) in [5.74, 6) is 2.51. The van der Waals surface area contributed by atoms with Crippen LogP contribution in [0.15, 0.2) is 72.8 Å². The van der Waals surface area contributed by atoms with Gasteiger partial charge in [-0.2, -0.15) is 0 Å². The van der Waals surface area contributed by atoms with Crippen LogP contribution in [0, 0.1) is 0 Å². The summed E-state index contributed by atoms with van der Waals surface area (Å²) in [5, 5.41) is 2.62. The van der Waals surface area contributed by atoms with Gasteiger partial charge in [0, 0.05) is 10.8 Å². The van der Waals surface area contributed by atoms with Crippen LogP contribution >= 0.6 is 0 Å². The van der Waals surface area contributed by atoms with Crippen molar-refractivity contribution in [1.29, 1.82) is 0 Å². The second-order valence-electron chi connectivity index (χ2n) is 15.4. The third-order valence-electron chi connectivity index (χ3n) is 10.1. The largest absolute Gasteiger partial charge is 0.306 e. The van der Waals surface area contributed by atoms with Crippen LogP contribution < -0.4 is 0 Å². The highest BCUT2D eigenvalue weighted by Crippen LogP contribution is 2.46. The molecule has 0 spiro atoms. The SMILES string of the molecule is CC(C)c1cc(C(C)C)c(-n2c3ccccc3c3c2c2ccccc2n3-c2c(C(C)C)cc(C(C)C)cc2C(C)C)c(C(C)C)c1. The topological polar surface area (TPSA) is 9.86 Å². The average molecular weight is 611 g/mol. The lowest BCUT2D eigenvalue weighted by atomic mass is 9.87. The first-order valence-corrected chi connectivity index (χ1v) is 17.7. The van der Waals surface area contributed by atoms with E-state index in [2.05, 4.69) is 165 Å². The van der Waals surface area contributed by atoms with Crippen molar-refractivity contribution in [3.63, 3.8) is 0 Å². The summed E-state index contributed by atoms with van der Waals surface area (Å²) in [6, 6.07) is 28.2. The zero-order valence-electron chi connectivity index (χ0n) is 30.3. The van der Waals surface area contributed by atoms with Gasteiger partial charge in [0.25, 0.3) is 0 Å². The van der Waals surface area contributed by atoms with E-state index in [0.29, 0.717) is 35.5 Å². The molecule has 2 nitrogen and oxygen atoms in total. The minimum absolute atomic E-state index is 0.388. The maximum Gasteiger partial charge on any atom is 0.0804 e. The number of nitrogens with zero attached hydrogens (tertiary/aromatic N) is 2. The fourth-order valence-corrected chi connectivity index (χ4v) is 7.50. The Morgan fingerprint density at radius 1 is 0.370 bits per heavy atom. The van der Waals surface area contributed by atoms with Crippen LogP contribution in [-0.4, -0.2) is 9.13 Å². The molecule has 0 N–H and O–H groups in total. The Morgan fingerprint density at radius 3 is 0.913 bits per heavy atom. The second-order valence-corrected chi connectivity index (χ2v) is 15.4. The second kappa shape index (κ2) is 12.1. The molecule has 2 heteroatoms. The van der Waals surface area contributed by atoms with Gasteiger partial charge in [-0.05, 0) is 81.0 Å². The Labute approximate surface area is 277 Å². The summed E-state index contributed by atoms with van der Waals surface area (Å²) in [6.45, 7) is 28.2. The van der Waals surface area contributed by atoms with E-state index in [4.69, 9.17) is 0 Å². The van der Waals surface area contributed by atoms with E-state index in [1.165, 1.54) is 77.6 Å². The summed E-state index contributed by atoms with van der Waals surface area (Å²) in [6.07, 6.45) is 0. The predicted octanol–water partition coefficient (Wildman–Crippen LogP) is 13.5. The van der Waals surface area contributed by atoms with Gasteiger partial charge in [-0.1, -0.05) is 144 Å². The minimum atomic E-state index is 0.388. The number of hydrogen-bond donors (Lipinski definition) is 0. The van der Waals surface area contributed by atoms with Crippen LogP contribution in [-0.2, 0) is 0 Å². The van der Waals surface area contributed by atoms with Crippen LogP contribution in [0.5, 0.6) is 0 Å². The Bertz CT molecular complexity index is 1850. The van der Waals surface area contributed by atoms with E-state index < -0.39 is 0 Å². The first-order chi connectivity index (χ1) is 21.8. The first-order valence-electron chi connectivity index (χ1n) is 17.7. The summed E-state index contributed by atoms with van der Waals surface area (Å²) in [5.41, 5.74) is 16.5. The minimum Gasteiger partial charge on any atom is -0.306 e. The maximum absolute atomic E-state index is 2.64. The van der Waals surface area contributed by atoms with Crippen LogP contribution in [0.1, 0.15) is 152 Å². The van der Waals surface area contributed by atoms with Crippen molar-refractivity contribution >= 4 is 32.8 Å². The lowest BCUT2D eigenvalue weighted by molar-refractivity contribution is 0.790. The van der Waals surface area contributed by atoms with Gasteiger partial charge < -0.3 is 9.13 Å². The maximum atomic E-state index is 2.64. The molecule has 0 saturated heterocycles. The van der Waals surface area contributed by atoms with Gasteiger partial charge in [0.2, 0.25) is 0 Å². The van der Waals surface area contributed by atoms with E-state index in [-0.39, 0.29) is 0 Å². The summed E-state index contributed by atoms with van der Waals surface area (Å²) in [7, 11) is 0. The van der Waals surface area contributed by atoms with Crippen molar-refractivity contribution in [2.75, 3.05) is 0 Å². The summed E-state index contributed by atoms with van der Waals surface area (Å²) >= 11 is 0. The molecular weight excluding hydrogens is 556 g/mol. The fourth-order valence-electron chi connectivity index (χ4n) is 7.50. The molecule has 6 aromatic rings. The van der Waals surface area contributed by atoms with Gasteiger partial charge in [0.05, 0.1) is 33.4 Å². The molecule has 4 aromatic carbocycles. The third-order valence-corrected chi connectivity index (χ3v) is 10.1. The molecule has 0 amide bonds.